The summed E-state index contributed by atoms with van der Waals surface area (Å²) in [5.41, 5.74) is 0.291. The molecule has 0 bridgehead atoms. The van der Waals surface area contributed by atoms with Gasteiger partial charge in [0.25, 0.3) is 5.91 Å². The Kier molecular flexibility index (Phi) is 8.30. The molecule has 0 fully saturated rings. The molecule has 1 rings (SSSR count). The average molecular weight is 685 g/mol. The molecule has 0 saturated heterocycles. The van der Waals surface area contributed by atoms with Crippen LogP contribution in [0.25, 0.3) is 0 Å². The van der Waals surface area contributed by atoms with Gasteiger partial charge in [-0.25, -0.2) is 4.79 Å². The highest BCUT2D eigenvalue weighted by Gasteiger charge is 2.28. The van der Waals surface area contributed by atoms with E-state index in [1.54, 1.807) is 36.7 Å². The molecular formula is C14H14I3N3O5. The molecule has 0 atom stereocenters. The Morgan fingerprint density at radius 3 is 1.96 bits per heavy atom. The van der Waals surface area contributed by atoms with Gasteiger partial charge in [-0.05, 0) is 67.8 Å². The number of carbonyl (C=O) groups excluding carboxylic acids is 3. The highest BCUT2D eigenvalue weighted by atomic mass is 127. The zero-order valence-electron chi connectivity index (χ0n) is 13.4. The minimum atomic E-state index is -1.21. The quantitative estimate of drug-likeness (QED) is 0.411. The molecule has 0 saturated carbocycles. The zero-order valence-corrected chi connectivity index (χ0v) is 19.8. The lowest BCUT2D eigenvalue weighted by atomic mass is 10.1. The van der Waals surface area contributed by atoms with Crippen LogP contribution >= 0.6 is 67.8 Å². The van der Waals surface area contributed by atoms with E-state index in [0.29, 0.717) is 7.14 Å². The Bertz CT molecular complexity index is 765. The molecule has 0 unspecified atom stereocenters. The third kappa shape index (κ3) is 5.38. The molecule has 3 amide bonds. The van der Waals surface area contributed by atoms with E-state index in [4.69, 9.17) is 0 Å². The number of rotatable bonds is 5. The summed E-state index contributed by atoms with van der Waals surface area (Å²) in [5.74, 6) is -2.49. The molecule has 0 aliphatic carbocycles. The highest BCUT2D eigenvalue weighted by Crippen LogP contribution is 2.35. The first-order chi connectivity index (χ1) is 11.5. The van der Waals surface area contributed by atoms with Crippen molar-refractivity contribution in [3.8, 4) is 0 Å². The van der Waals surface area contributed by atoms with E-state index in [9.17, 15) is 24.3 Å². The molecule has 3 N–H and O–H groups in total. The van der Waals surface area contributed by atoms with Crippen LogP contribution in [0.2, 0.25) is 0 Å². The molecule has 1 aromatic rings. The minimum Gasteiger partial charge on any atom is -0.478 e. The second-order valence-corrected chi connectivity index (χ2v) is 8.26. The largest absolute Gasteiger partial charge is 0.478 e. The van der Waals surface area contributed by atoms with Crippen LogP contribution in [-0.4, -0.2) is 54.3 Å². The number of carboxylic acid groups (broad SMARTS) is 1. The molecule has 0 aromatic heterocycles. The van der Waals surface area contributed by atoms with Gasteiger partial charge in [0.15, 0.2) is 0 Å². The second kappa shape index (κ2) is 9.29. The first-order valence-corrected chi connectivity index (χ1v) is 9.92. The standard InChI is InChI=1S/C14H14I3N3O5/c1-5(21)19-12-10(16)7(9(15)8(11(12)17)14(24)25)13(23)18-4-6(22)20(2)3/h4H2,1-3H3,(H,18,23)(H,19,21)(H,24,25). The van der Waals surface area contributed by atoms with Crippen LogP contribution in [0.15, 0.2) is 0 Å². The smallest absolute Gasteiger partial charge is 0.337 e. The van der Waals surface area contributed by atoms with Crippen molar-refractivity contribution in [2.45, 2.75) is 6.92 Å². The van der Waals surface area contributed by atoms with Gasteiger partial charge in [-0.3, -0.25) is 14.4 Å². The number of hydrogen-bond acceptors (Lipinski definition) is 4. The molecule has 0 aliphatic heterocycles. The van der Waals surface area contributed by atoms with Gasteiger partial charge in [0.2, 0.25) is 11.8 Å². The molecular weight excluding hydrogens is 671 g/mol. The molecule has 0 radical (unpaired) electrons. The Morgan fingerprint density at radius 1 is 1.00 bits per heavy atom. The Hall–Kier alpha value is -0.710. The minimum absolute atomic E-state index is 0.0746. The summed E-state index contributed by atoms with van der Waals surface area (Å²) in [7, 11) is 3.12. The van der Waals surface area contributed by atoms with E-state index in [-0.39, 0.29) is 38.7 Å². The number of carboxylic acids is 1. The summed E-state index contributed by atoms with van der Waals surface area (Å²) < 4.78 is 0.972. The number of nitrogens with zero attached hydrogens (tertiary/aromatic N) is 1. The lowest BCUT2D eigenvalue weighted by molar-refractivity contribution is -0.127. The van der Waals surface area contributed by atoms with E-state index in [1.165, 1.54) is 11.8 Å². The number of nitrogens with one attached hydrogen (secondary N) is 2. The fourth-order valence-corrected chi connectivity index (χ4v) is 6.13. The fourth-order valence-electron chi connectivity index (χ4n) is 1.74. The Labute approximate surface area is 184 Å². The zero-order chi connectivity index (χ0) is 19.5. The van der Waals surface area contributed by atoms with Gasteiger partial charge in [-0.15, -0.1) is 0 Å². The van der Waals surface area contributed by atoms with E-state index in [2.05, 4.69) is 10.6 Å². The van der Waals surface area contributed by atoms with Gasteiger partial charge in [0.1, 0.15) is 0 Å². The summed E-state index contributed by atoms with van der Waals surface area (Å²) in [6.45, 7) is 1.07. The topological polar surface area (TPSA) is 116 Å². The van der Waals surface area contributed by atoms with Crippen LogP contribution < -0.4 is 10.6 Å². The number of carbonyl (C=O) groups is 4. The first-order valence-electron chi connectivity index (χ1n) is 6.68. The molecule has 8 nitrogen and oxygen atoms in total. The SMILES string of the molecule is CC(=O)Nc1c(I)c(C(=O)O)c(I)c(C(=O)NCC(=O)N(C)C)c1I. The molecule has 1 aromatic carbocycles. The number of likely N-dealkylation sites (N-methyl/N-ethyl adjacent to an activating group) is 1. The van der Waals surface area contributed by atoms with Gasteiger partial charge in [-0.1, -0.05) is 0 Å². The van der Waals surface area contributed by atoms with Gasteiger partial charge in [0.05, 0.1) is 30.5 Å². The monoisotopic (exact) mass is 685 g/mol. The Morgan fingerprint density at radius 2 is 1.52 bits per heavy atom. The predicted molar refractivity (Wildman–Crippen MR) is 117 cm³/mol. The molecule has 0 heterocycles. The van der Waals surface area contributed by atoms with E-state index in [1.807, 2.05) is 45.2 Å². The van der Waals surface area contributed by atoms with Crippen molar-refractivity contribution in [3.05, 3.63) is 21.8 Å². The van der Waals surface area contributed by atoms with Crippen molar-refractivity contribution in [1.29, 1.82) is 0 Å². The van der Waals surface area contributed by atoms with Crippen LogP contribution in [-0.2, 0) is 9.59 Å². The molecule has 11 heteroatoms. The van der Waals surface area contributed by atoms with Gasteiger partial charge in [-0.2, -0.15) is 0 Å². The van der Waals surface area contributed by atoms with Gasteiger partial charge in [0, 0.05) is 24.6 Å². The van der Waals surface area contributed by atoms with Crippen LogP contribution in [0.1, 0.15) is 27.6 Å². The van der Waals surface area contributed by atoms with Crippen molar-refractivity contribution in [3.63, 3.8) is 0 Å². The van der Waals surface area contributed by atoms with Crippen LogP contribution in [0.4, 0.5) is 5.69 Å². The maximum atomic E-state index is 12.5. The molecule has 136 valence electrons. The Balaban J connectivity index is 3.45. The maximum Gasteiger partial charge on any atom is 0.337 e. The normalized spacial score (nSPS) is 10.2. The molecule has 25 heavy (non-hydrogen) atoms. The summed E-state index contributed by atoms with van der Waals surface area (Å²) in [5, 5.41) is 14.5. The summed E-state index contributed by atoms with van der Waals surface area (Å²) in [6.07, 6.45) is 0. The van der Waals surface area contributed by atoms with Crippen LogP contribution in [0.3, 0.4) is 0 Å². The van der Waals surface area contributed by atoms with E-state index >= 15 is 0 Å². The number of aromatic carboxylic acids is 1. The lowest BCUT2D eigenvalue weighted by Gasteiger charge is -2.18. The third-order valence-electron chi connectivity index (χ3n) is 2.96. The number of amides is 3. The van der Waals surface area contributed by atoms with Crippen LogP contribution in [0.5, 0.6) is 0 Å². The maximum absolute atomic E-state index is 12.5. The van der Waals surface area contributed by atoms with Crippen molar-refractivity contribution >= 4 is 97.2 Å². The predicted octanol–water partition coefficient (Wildman–Crippen LogP) is 1.98. The van der Waals surface area contributed by atoms with Crippen molar-refractivity contribution in [1.82, 2.24) is 10.2 Å². The number of anilines is 1. The van der Waals surface area contributed by atoms with Crippen LogP contribution in [0, 0.1) is 10.7 Å². The number of halogens is 3. The van der Waals surface area contributed by atoms with Crippen molar-refractivity contribution in [2.75, 3.05) is 26.0 Å². The summed E-state index contributed by atoms with van der Waals surface area (Å²) >= 11 is 5.49. The molecule has 0 aliphatic rings. The first kappa shape index (κ1) is 22.3. The molecule has 0 spiro atoms. The summed E-state index contributed by atoms with van der Waals surface area (Å²) in [4.78, 5) is 48.6. The van der Waals surface area contributed by atoms with Gasteiger partial charge < -0.3 is 20.6 Å². The van der Waals surface area contributed by atoms with Gasteiger partial charge >= 0.3 is 5.97 Å². The highest BCUT2D eigenvalue weighted by molar-refractivity contribution is 14.1. The van der Waals surface area contributed by atoms with E-state index in [0.717, 1.165) is 0 Å². The number of hydrogen-bond donors (Lipinski definition) is 3. The number of benzene rings is 1. The third-order valence-corrected chi connectivity index (χ3v) is 6.19. The fraction of sp³-hybridized carbons (Fsp3) is 0.286. The van der Waals surface area contributed by atoms with E-state index < -0.39 is 11.9 Å². The van der Waals surface area contributed by atoms with Crippen molar-refractivity contribution in [2.24, 2.45) is 0 Å². The average Bonchev–Trinajstić information content (AvgIpc) is 2.48. The van der Waals surface area contributed by atoms with Crippen molar-refractivity contribution < 1.29 is 24.3 Å². The summed E-state index contributed by atoms with van der Waals surface area (Å²) in [6, 6.07) is 0. The lowest BCUT2D eigenvalue weighted by Crippen LogP contribution is -2.37. The second-order valence-electron chi connectivity index (χ2n) is 5.02.